The van der Waals surface area contributed by atoms with Crippen LogP contribution in [0.25, 0.3) is 0 Å². The van der Waals surface area contributed by atoms with Crippen molar-refractivity contribution in [3.8, 4) is 11.8 Å². The highest BCUT2D eigenvalue weighted by Crippen LogP contribution is 2.49. The summed E-state index contributed by atoms with van der Waals surface area (Å²) in [5.41, 5.74) is 6.66. The van der Waals surface area contributed by atoms with E-state index in [9.17, 15) is 14.3 Å². The van der Waals surface area contributed by atoms with Gasteiger partial charge in [-0.15, -0.1) is 0 Å². The molecule has 0 aromatic heterocycles. The number of amides is 1. The molecule has 1 atom stereocenters. The largest absolute Gasteiger partial charge is 0.384 e. The van der Waals surface area contributed by atoms with Gasteiger partial charge in [0.1, 0.15) is 11.9 Å². The molecule has 1 amide bonds. The van der Waals surface area contributed by atoms with Crippen molar-refractivity contribution >= 4 is 11.6 Å². The van der Waals surface area contributed by atoms with E-state index in [0.717, 1.165) is 41.6 Å². The van der Waals surface area contributed by atoms with Crippen molar-refractivity contribution in [2.24, 2.45) is 0 Å². The zero-order valence-electron chi connectivity index (χ0n) is 23.6. The molecule has 3 aromatic carbocycles. The summed E-state index contributed by atoms with van der Waals surface area (Å²) in [4.78, 5) is 12.0. The number of hydrogen-bond acceptors (Lipinski definition) is 3. The van der Waals surface area contributed by atoms with E-state index in [2.05, 4.69) is 56.2 Å². The number of carbonyl (C=O) groups excluding carboxylic acids is 1. The van der Waals surface area contributed by atoms with Gasteiger partial charge in [-0.05, 0) is 102 Å². The zero-order valence-corrected chi connectivity index (χ0v) is 23.6. The zero-order chi connectivity index (χ0) is 28.2. The maximum absolute atomic E-state index is 13.3. The lowest BCUT2D eigenvalue weighted by atomic mass is 9.62. The molecule has 0 bridgehead atoms. The molecule has 204 valence electrons. The summed E-state index contributed by atoms with van der Waals surface area (Å²) >= 11 is 0. The Hall–Kier alpha value is -3.62. The summed E-state index contributed by atoms with van der Waals surface area (Å²) < 4.78 is 13.3. The van der Waals surface area contributed by atoms with E-state index in [1.807, 2.05) is 25.1 Å². The number of fused-ring (bicyclic) bond motifs is 1. The molecular formula is C34H39FN2O2. The lowest BCUT2D eigenvalue weighted by molar-refractivity contribution is 0.0956. The van der Waals surface area contributed by atoms with Crippen LogP contribution >= 0.6 is 0 Å². The molecule has 0 saturated carbocycles. The normalized spacial score (nSPS) is 15.9. The van der Waals surface area contributed by atoms with Crippen LogP contribution in [-0.2, 0) is 17.3 Å². The van der Waals surface area contributed by atoms with Crippen LogP contribution in [0.15, 0.2) is 60.7 Å². The second-order valence-electron chi connectivity index (χ2n) is 11.7. The van der Waals surface area contributed by atoms with Gasteiger partial charge in [-0.3, -0.25) is 4.79 Å². The van der Waals surface area contributed by atoms with Gasteiger partial charge < -0.3 is 15.7 Å². The summed E-state index contributed by atoms with van der Waals surface area (Å²) in [5, 5.41) is 17.6. The van der Waals surface area contributed by atoms with Crippen molar-refractivity contribution in [3.63, 3.8) is 0 Å². The average molecular weight is 527 g/mol. The maximum atomic E-state index is 13.3. The second kappa shape index (κ2) is 11.6. The number of halogens is 1. The van der Waals surface area contributed by atoms with Gasteiger partial charge >= 0.3 is 0 Å². The first-order chi connectivity index (χ1) is 18.5. The molecule has 5 heteroatoms. The molecular weight excluding hydrogens is 487 g/mol. The van der Waals surface area contributed by atoms with Crippen LogP contribution in [0.5, 0.6) is 0 Å². The fraction of sp³-hybridized carbons (Fsp3) is 0.382. The van der Waals surface area contributed by atoms with Crippen LogP contribution in [0.4, 0.5) is 10.1 Å². The molecule has 4 nitrogen and oxygen atoms in total. The molecule has 4 rings (SSSR count). The third kappa shape index (κ3) is 6.69. The highest BCUT2D eigenvalue weighted by Gasteiger charge is 2.39. The van der Waals surface area contributed by atoms with Gasteiger partial charge in [0, 0.05) is 29.9 Å². The molecule has 0 fully saturated rings. The van der Waals surface area contributed by atoms with E-state index in [-0.39, 0.29) is 22.6 Å². The molecule has 0 spiro atoms. The van der Waals surface area contributed by atoms with Gasteiger partial charge in [-0.25, -0.2) is 4.39 Å². The lowest BCUT2D eigenvalue weighted by Gasteiger charge is -2.43. The van der Waals surface area contributed by atoms with Crippen LogP contribution in [0.1, 0.15) is 91.7 Å². The number of nitrogens with one attached hydrogen (secondary N) is 2. The molecule has 0 heterocycles. The molecule has 3 aromatic rings. The van der Waals surface area contributed by atoms with Crippen molar-refractivity contribution in [2.45, 2.75) is 70.8 Å². The Kier molecular flexibility index (Phi) is 8.47. The quantitative estimate of drug-likeness (QED) is 0.302. The van der Waals surface area contributed by atoms with Gasteiger partial charge in [0.15, 0.2) is 0 Å². The minimum absolute atomic E-state index is 0.00988. The van der Waals surface area contributed by atoms with Crippen molar-refractivity contribution in [2.75, 3.05) is 18.4 Å². The van der Waals surface area contributed by atoms with Crippen molar-refractivity contribution in [1.82, 2.24) is 5.32 Å². The van der Waals surface area contributed by atoms with Gasteiger partial charge in [0.25, 0.3) is 5.91 Å². The van der Waals surface area contributed by atoms with Gasteiger partial charge in [-0.1, -0.05) is 57.7 Å². The SMILES string of the molecule is CCNC(=O)c1ccc(C#CC(O)c2cc(NCCc3ccc(F)cc3)c3c(c2)C(C)(C)CCC3(C)C)cc1. The van der Waals surface area contributed by atoms with E-state index in [1.165, 1.54) is 23.3 Å². The highest BCUT2D eigenvalue weighted by molar-refractivity contribution is 5.94. The third-order valence-corrected chi connectivity index (χ3v) is 7.74. The van der Waals surface area contributed by atoms with Gasteiger partial charge in [-0.2, -0.15) is 0 Å². The summed E-state index contributed by atoms with van der Waals surface area (Å²) in [7, 11) is 0. The van der Waals surface area contributed by atoms with Gasteiger partial charge in [0.05, 0.1) is 0 Å². The number of anilines is 1. The number of benzene rings is 3. The molecule has 39 heavy (non-hydrogen) atoms. The number of aliphatic hydroxyl groups excluding tert-OH is 1. The Balaban J connectivity index is 1.62. The predicted molar refractivity (Wildman–Crippen MR) is 157 cm³/mol. The van der Waals surface area contributed by atoms with Crippen LogP contribution in [0.3, 0.4) is 0 Å². The lowest BCUT2D eigenvalue weighted by Crippen LogP contribution is -2.35. The molecule has 0 radical (unpaired) electrons. The first-order valence-corrected chi connectivity index (χ1v) is 13.8. The van der Waals surface area contributed by atoms with E-state index < -0.39 is 6.10 Å². The third-order valence-electron chi connectivity index (χ3n) is 7.74. The highest BCUT2D eigenvalue weighted by atomic mass is 19.1. The van der Waals surface area contributed by atoms with Gasteiger partial charge in [0.2, 0.25) is 0 Å². The monoisotopic (exact) mass is 526 g/mol. The standard InChI is InChI=1S/C34H39FN2O2/c1-6-36-32(39)25-12-7-23(8-13-25)11-16-30(38)26-21-28-31(34(4,5)19-18-33(28,2)3)29(22-26)37-20-17-24-9-14-27(35)15-10-24/h7-10,12-15,21-22,30,37-38H,6,17-20H2,1-5H3,(H,36,39). The summed E-state index contributed by atoms with van der Waals surface area (Å²) in [6.07, 6.45) is 1.94. The predicted octanol–water partition coefficient (Wildman–Crippen LogP) is 6.66. The maximum Gasteiger partial charge on any atom is 0.251 e. The summed E-state index contributed by atoms with van der Waals surface area (Å²) in [6, 6.07) is 17.9. The van der Waals surface area contributed by atoms with Crippen LogP contribution in [0, 0.1) is 17.7 Å². The Bertz CT molecular complexity index is 1380. The Labute approximate surface area is 232 Å². The summed E-state index contributed by atoms with van der Waals surface area (Å²) in [6.45, 7) is 12.2. The van der Waals surface area contributed by atoms with Crippen molar-refractivity contribution in [1.29, 1.82) is 0 Å². The molecule has 1 unspecified atom stereocenters. The minimum Gasteiger partial charge on any atom is -0.384 e. The number of rotatable bonds is 7. The van der Waals surface area contributed by atoms with Crippen LogP contribution in [0.2, 0.25) is 0 Å². The van der Waals surface area contributed by atoms with E-state index in [0.29, 0.717) is 18.7 Å². The first-order valence-electron chi connectivity index (χ1n) is 13.8. The fourth-order valence-corrected chi connectivity index (χ4v) is 5.30. The fourth-order valence-electron chi connectivity index (χ4n) is 5.30. The Morgan fingerprint density at radius 3 is 2.33 bits per heavy atom. The Morgan fingerprint density at radius 1 is 1.00 bits per heavy atom. The van der Waals surface area contributed by atoms with E-state index in [1.54, 1.807) is 24.3 Å². The smallest absolute Gasteiger partial charge is 0.251 e. The molecule has 1 aliphatic carbocycles. The van der Waals surface area contributed by atoms with Crippen molar-refractivity contribution < 1.29 is 14.3 Å². The van der Waals surface area contributed by atoms with Crippen LogP contribution < -0.4 is 10.6 Å². The topological polar surface area (TPSA) is 61.4 Å². The number of aliphatic hydroxyl groups is 1. The summed E-state index contributed by atoms with van der Waals surface area (Å²) in [5.74, 6) is 5.72. The molecule has 0 saturated heterocycles. The van der Waals surface area contributed by atoms with E-state index >= 15 is 0 Å². The first kappa shape index (κ1) is 28.4. The van der Waals surface area contributed by atoms with Crippen molar-refractivity contribution in [3.05, 3.63) is 99.9 Å². The number of carbonyl (C=O) groups is 1. The minimum atomic E-state index is -0.961. The number of hydrogen-bond donors (Lipinski definition) is 3. The molecule has 3 N–H and O–H groups in total. The van der Waals surface area contributed by atoms with Crippen LogP contribution in [-0.4, -0.2) is 24.1 Å². The average Bonchev–Trinajstić information content (AvgIpc) is 2.91. The molecule has 1 aliphatic rings. The molecule has 0 aliphatic heterocycles. The second-order valence-corrected chi connectivity index (χ2v) is 11.7. The Morgan fingerprint density at radius 2 is 1.67 bits per heavy atom. The van der Waals surface area contributed by atoms with E-state index in [4.69, 9.17) is 0 Å².